The second kappa shape index (κ2) is 6.35. The van der Waals surface area contributed by atoms with Crippen molar-refractivity contribution in [2.45, 2.75) is 63.2 Å². The van der Waals surface area contributed by atoms with Gasteiger partial charge in [-0.05, 0) is 44.7 Å². The highest BCUT2D eigenvalue weighted by Gasteiger charge is 2.32. The van der Waals surface area contributed by atoms with Gasteiger partial charge in [-0.2, -0.15) is 0 Å². The lowest BCUT2D eigenvalue weighted by Gasteiger charge is -2.33. The minimum atomic E-state index is -3.12. The average molecular weight is 274 g/mol. The highest BCUT2D eigenvalue weighted by Crippen LogP contribution is 2.28. The highest BCUT2D eigenvalue weighted by atomic mass is 32.2. The zero-order valence-electron chi connectivity index (χ0n) is 11.3. The number of sulfonamides is 1. The molecule has 0 bridgehead atoms. The van der Waals surface area contributed by atoms with E-state index in [-0.39, 0.29) is 11.3 Å². The Kier molecular flexibility index (Phi) is 5.04. The van der Waals surface area contributed by atoms with Crippen LogP contribution >= 0.6 is 0 Å². The van der Waals surface area contributed by atoms with E-state index in [0.29, 0.717) is 5.92 Å². The fourth-order valence-electron chi connectivity index (χ4n) is 3.26. The molecule has 1 aliphatic heterocycles. The molecular weight excluding hydrogens is 248 g/mol. The quantitative estimate of drug-likeness (QED) is 0.819. The van der Waals surface area contributed by atoms with Gasteiger partial charge >= 0.3 is 0 Å². The molecule has 2 fully saturated rings. The molecule has 4 nitrogen and oxygen atoms in total. The largest absolute Gasteiger partial charge is 0.317 e. The molecule has 0 aromatic carbocycles. The minimum Gasteiger partial charge on any atom is -0.317 e. The van der Waals surface area contributed by atoms with Gasteiger partial charge in [-0.3, -0.25) is 0 Å². The van der Waals surface area contributed by atoms with Gasteiger partial charge < -0.3 is 5.32 Å². The summed E-state index contributed by atoms with van der Waals surface area (Å²) in [6.07, 6.45) is 7.19. The molecule has 0 amide bonds. The first-order chi connectivity index (χ1) is 8.63. The second-order valence-corrected chi connectivity index (χ2v) is 7.66. The minimum absolute atomic E-state index is 0.182. The molecule has 1 saturated heterocycles. The predicted molar refractivity (Wildman–Crippen MR) is 74.0 cm³/mol. The van der Waals surface area contributed by atoms with Crippen LogP contribution in [-0.2, 0) is 10.0 Å². The van der Waals surface area contributed by atoms with Crippen LogP contribution in [0.25, 0.3) is 0 Å². The predicted octanol–water partition coefficient (Wildman–Crippen LogP) is 1.63. The lowest BCUT2D eigenvalue weighted by molar-refractivity contribution is 0.281. The first-order valence-electron chi connectivity index (χ1n) is 7.35. The highest BCUT2D eigenvalue weighted by molar-refractivity contribution is 7.90. The van der Waals surface area contributed by atoms with E-state index in [1.807, 2.05) is 0 Å². The third-order valence-corrected chi connectivity index (χ3v) is 6.45. The van der Waals surface area contributed by atoms with Gasteiger partial charge in [0.05, 0.1) is 5.25 Å². The van der Waals surface area contributed by atoms with Crippen LogP contribution in [0.5, 0.6) is 0 Å². The Morgan fingerprint density at radius 3 is 2.44 bits per heavy atom. The molecule has 18 heavy (non-hydrogen) atoms. The van der Waals surface area contributed by atoms with Crippen molar-refractivity contribution >= 4 is 10.0 Å². The number of hydrogen-bond acceptors (Lipinski definition) is 3. The van der Waals surface area contributed by atoms with Crippen molar-refractivity contribution in [2.75, 3.05) is 13.1 Å². The topological polar surface area (TPSA) is 58.2 Å². The van der Waals surface area contributed by atoms with E-state index < -0.39 is 10.0 Å². The first kappa shape index (κ1) is 14.3. The van der Waals surface area contributed by atoms with Gasteiger partial charge in [0.15, 0.2) is 0 Å². The maximum atomic E-state index is 12.4. The van der Waals surface area contributed by atoms with Gasteiger partial charge in [-0.15, -0.1) is 0 Å². The van der Waals surface area contributed by atoms with Crippen molar-refractivity contribution in [2.24, 2.45) is 5.92 Å². The van der Waals surface area contributed by atoms with Gasteiger partial charge in [0.2, 0.25) is 10.0 Å². The van der Waals surface area contributed by atoms with E-state index in [0.717, 1.165) is 45.2 Å². The summed E-state index contributed by atoms with van der Waals surface area (Å²) in [5, 5.41) is 3.04. The Balaban J connectivity index is 1.97. The molecule has 0 spiro atoms. The summed E-state index contributed by atoms with van der Waals surface area (Å²) in [5.74, 6) is 0.537. The molecule has 0 aromatic heterocycles. The van der Waals surface area contributed by atoms with Crippen LogP contribution in [0.2, 0.25) is 0 Å². The summed E-state index contributed by atoms with van der Waals surface area (Å²) in [7, 11) is -3.12. The van der Waals surface area contributed by atoms with Crippen LogP contribution in [0.15, 0.2) is 0 Å². The Morgan fingerprint density at radius 1 is 1.11 bits per heavy atom. The van der Waals surface area contributed by atoms with Crippen molar-refractivity contribution in [3.05, 3.63) is 0 Å². The molecule has 2 aliphatic rings. The van der Waals surface area contributed by atoms with Crippen molar-refractivity contribution < 1.29 is 8.42 Å². The SMILES string of the molecule is CCC1CCCCC1NS(=O)(=O)C1CCNCC1. The van der Waals surface area contributed by atoms with Crippen LogP contribution < -0.4 is 10.0 Å². The molecule has 2 atom stereocenters. The number of hydrogen-bond donors (Lipinski definition) is 2. The van der Waals surface area contributed by atoms with Crippen molar-refractivity contribution in [1.29, 1.82) is 0 Å². The summed E-state index contributed by atoms with van der Waals surface area (Å²) in [5.41, 5.74) is 0. The third kappa shape index (κ3) is 3.45. The Bertz CT molecular complexity index is 350. The zero-order chi connectivity index (χ0) is 13.0. The van der Waals surface area contributed by atoms with Crippen LogP contribution in [0, 0.1) is 5.92 Å². The Hall–Kier alpha value is -0.130. The third-order valence-electron chi connectivity index (χ3n) is 4.47. The number of piperidine rings is 1. The molecule has 5 heteroatoms. The Labute approximate surface area is 111 Å². The lowest BCUT2D eigenvalue weighted by Crippen LogP contribution is -2.48. The molecular formula is C13H26N2O2S. The Morgan fingerprint density at radius 2 is 1.78 bits per heavy atom. The summed E-state index contributed by atoms with van der Waals surface area (Å²) >= 11 is 0. The summed E-state index contributed by atoms with van der Waals surface area (Å²) < 4.78 is 27.8. The van der Waals surface area contributed by atoms with E-state index in [1.54, 1.807) is 0 Å². The van der Waals surface area contributed by atoms with E-state index >= 15 is 0 Å². The molecule has 0 radical (unpaired) electrons. The maximum absolute atomic E-state index is 12.4. The molecule has 1 heterocycles. The van der Waals surface area contributed by atoms with Crippen molar-refractivity contribution in [3.63, 3.8) is 0 Å². The van der Waals surface area contributed by atoms with Crippen molar-refractivity contribution in [3.8, 4) is 0 Å². The van der Waals surface area contributed by atoms with Gasteiger partial charge in [-0.1, -0.05) is 26.2 Å². The summed E-state index contributed by atoms with van der Waals surface area (Å²) in [4.78, 5) is 0. The number of nitrogens with one attached hydrogen (secondary N) is 2. The molecule has 1 aliphatic carbocycles. The molecule has 0 aromatic rings. The first-order valence-corrected chi connectivity index (χ1v) is 8.90. The molecule has 2 N–H and O–H groups in total. The van der Waals surface area contributed by atoms with E-state index in [9.17, 15) is 8.42 Å². The van der Waals surface area contributed by atoms with Crippen LogP contribution in [0.1, 0.15) is 51.9 Å². The van der Waals surface area contributed by atoms with Gasteiger partial charge in [-0.25, -0.2) is 13.1 Å². The normalized spacial score (nSPS) is 31.4. The molecule has 106 valence electrons. The average Bonchev–Trinajstić information content (AvgIpc) is 2.40. The molecule has 2 rings (SSSR count). The zero-order valence-corrected chi connectivity index (χ0v) is 12.1. The van der Waals surface area contributed by atoms with E-state index in [2.05, 4.69) is 17.0 Å². The molecule has 2 unspecified atom stereocenters. The molecule has 1 saturated carbocycles. The second-order valence-electron chi connectivity index (χ2n) is 5.67. The van der Waals surface area contributed by atoms with E-state index in [4.69, 9.17) is 0 Å². The monoisotopic (exact) mass is 274 g/mol. The summed E-state index contributed by atoms with van der Waals surface area (Å²) in [6.45, 7) is 3.82. The standard InChI is InChI=1S/C13H26N2O2S/c1-2-11-5-3-4-6-13(11)15-18(16,17)12-7-9-14-10-8-12/h11-15H,2-10H2,1H3. The van der Waals surface area contributed by atoms with Gasteiger partial charge in [0, 0.05) is 6.04 Å². The van der Waals surface area contributed by atoms with Crippen LogP contribution in [0.3, 0.4) is 0 Å². The van der Waals surface area contributed by atoms with Crippen molar-refractivity contribution in [1.82, 2.24) is 10.0 Å². The number of rotatable bonds is 4. The van der Waals surface area contributed by atoms with Crippen LogP contribution in [-0.4, -0.2) is 32.8 Å². The van der Waals surface area contributed by atoms with Crippen LogP contribution in [0.4, 0.5) is 0 Å². The van der Waals surface area contributed by atoms with Gasteiger partial charge in [0.1, 0.15) is 0 Å². The van der Waals surface area contributed by atoms with E-state index in [1.165, 1.54) is 12.8 Å². The lowest BCUT2D eigenvalue weighted by atomic mass is 9.83. The fraction of sp³-hybridized carbons (Fsp3) is 1.00. The smallest absolute Gasteiger partial charge is 0.214 e. The van der Waals surface area contributed by atoms with Gasteiger partial charge in [0.25, 0.3) is 0 Å². The maximum Gasteiger partial charge on any atom is 0.214 e. The fourth-order valence-corrected chi connectivity index (χ4v) is 5.05. The summed E-state index contributed by atoms with van der Waals surface area (Å²) in [6, 6.07) is 0.184.